The Morgan fingerprint density at radius 2 is 2.05 bits per heavy atom. The fourth-order valence-corrected chi connectivity index (χ4v) is 5.41. The molecule has 124 valence electrons. The summed E-state index contributed by atoms with van der Waals surface area (Å²) in [5.41, 5.74) is -1.06. The first-order valence-corrected chi connectivity index (χ1v) is 8.07. The quantitative estimate of drug-likeness (QED) is 0.530. The molecule has 2 aliphatic carbocycles. The highest BCUT2D eigenvalue weighted by Crippen LogP contribution is 2.67. The third-order valence-electron chi connectivity index (χ3n) is 6.56. The van der Waals surface area contributed by atoms with Crippen molar-refractivity contribution in [3.8, 4) is 0 Å². The van der Waals surface area contributed by atoms with Crippen LogP contribution in [0.25, 0.3) is 0 Å². The molecule has 5 heteroatoms. The van der Waals surface area contributed by atoms with E-state index in [1.54, 1.807) is 13.0 Å². The Labute approximate surface area is 131 Å². The summed E-state index contributed by atoms with van der Waals surface area (Å²) in [7, 11) is 0. The van der Waals surface area contributed by atoms with Crippen molar-refractivity contribution in [3.63, 3.8) is 0 Å². The van der Waals surface area contributed by atoms with Crippen LogP contribution >= 0.6 is 0 Å². The molecule has 22 heavy (non-hydrogen) atoms. The maximum absolute atomic E-state index is 12.3. The molecule has 0 unspecified atom stereocenters. The van der Waals surface area contributed by atoms with E-state index in [9.17, 15) is 20.1 Å². The third-order valence-corrected chi connectivity index (χ3v) is 6.56. The molecule has 0 aromatic heterocycles. The summed E-state index contributed by atoms with van der Waals surface area (Å²) in [6, 6.07) is 0. The number of rotatable bonds is 3. The summed E-state index contributed by atoms with van der Waals surface area (Å²) in [6.45, 7) is 5.22. The molecule has 0 amide bonds. The Bertz CT molecular complexity index is 529. The minimum Gasteiger partial charge on any atom is -0.393 e. The summed E-state index contributed by atoms with van der Waals surface area (Å²) < 4.78 is 5.73. The van der Waals surface area contributed by atoms with Gasteiger partial charge in [-0.05, 0) is 30.8 Å². The fraction of sp³-hybridized carbons (Fsp3) is 0.824. The van der Waals surface area contributed by atoms with E-state index in [0.717, 1.165) is 24.8 Å². The summed E-state index contributed by atoms with van der Waals surface area (Å²) >= 11 is 0. The van der Waals surface area contributed by atoms with Gasteiger partial charge in [-0.25, -0.2) is 0 Å². The molecule has 1 heterocycles. The van der Waals surface area contributed by atoms with Crippen molar-refractivity contribution in [3.05, 3.63) is 11.6 Å². The van der Waals surface area contributed by atoms with Gasteiger partial charge in [-0.1, -0.05) is 26.3 Å². The summed E-state index contributed by atoms with van der Waals surface area (Å²) in [5.74, 6) is -0.167. The lowest BCUT2D eigenvalue weighted by molar-refractivity contribution is -0.146. The van der Waals surface area contributed by atoms with Crippen LogP contribution in [0.15, 0.2) is 11.6 Å². The molecule has 1 saturated heterocycles. The second-order valence-corrected chi connectivity index (χ2v) is 7.60. The van der Waals surface area contributed by atoms with Gasteiger partial charge in [-0.2, -0.15) is 0 Å². The van der Waals surface area contributed by atoms with E-state index in [0.29, 0.717) is 0 Å². The predicted octanol–water partition coefficient (Wildman–Crippen LogP) is 0.811. The lowest BCUT2D eigenvalue weighted by atomic mass is 9.46. The van der Waals surface area contributed by atoms with E-state index in [1.165, 1.54) is 0 Å². The first-order chi connectivity index (χ1) is 10.3. The van der Waals surface area contributed by atoms with Gasteiger partial charge in [0.2, 0.25) is 0 Å². The average molecular weight is 310 g/mol. The van der Waals surface area contributed by atoms with Gasteiger partial charge in [0.05, 0.1) is 19.3 Å². The Balaban J connectivity index is 2.15. The number of hydrogen-bond donors (Lipinski definition) is 3. The van der Waals surface area contributed by atoms with E-state index >= 15 is 0 Å². The van der Waals surface area contributed by atoms with Gasteiger partial charge in [0.15, 0.2) is 0 Å². The molecule has 0 bridgehead atoms. The van der Waals surface area contributed by atoms with E-state index in [2.05, 4.69) is 0 Å². The van der Waals surface area contributed by atoms with Crippen LogP contribution in [0.2, 0.25) is 0 Å². The molecule has 3 aliphatic rings. The molecule has 0 spiro atoms. The molecule has 3 fully saturated rings. The van der Waals surface area contributed by atoms with E-state index in [4.69, 9.17) is 4.74 Å². The first kappa shape index (κ1) is 16.1. The van der Waals surface area contributed by atoms with Crippen molar-refractivity contribution < 1.29 is 24.9 Å². The molecule has 0 aromatic carbocycles. The van der Waals surface area contributed by atoms with Gasteiger partial charge >= 0.3 is 0 Å². The zero-order valence-electron chi connectivity index (χ0n) is 13.5. The summed E-state index contributed by atoms with van der Waals surface area (Å²) in [5, 5.41) is 30.1. The molecule has 0 aromatic rings. The van der Waals surface area contributed by atoms with Crippen LogP contribution in [0.5, 0.6) is 0 Å². The van der Waals surface area contributed by atoms with Crippen LogP contribution in [-0.4, -0.2) is 52.1 Å². The minimum absolute atomic E-state index is 0.0861. The highest BCUT2D eigenvalue weighted by molar-refractivity contribution is 5.83. The molecule has 3 rings (SSSR count). The average Bonchev–Trinajstić information content (AvgIpc) is 3.19. The van der Waals surface area contributed by atoms with Crippen molar-refractivity contribution >= 4 is 5.78 Å². The molecule has 1 aliphatic heterocycles. The zero-order valence-corrected chi connectivity index (χ0v) is 13.5. The van der Waals surface area contributed by atoms with Crippen molar-refractivity contribution in [1.29, 1.82) is 0 Å². The number of ketones is 1. The largest absolute Gasteiger partial charge is 0.393 e. The van der Waals surface area contributed by atoms with Gasteiger partial charge in [0.25, 0.3) is 0 Å². The van der Waals surface area contributed by atoms with Crippen LogP contribution in [0.1, 0.15) is 40.0 Å². The Morgan fingerprint density at radius 3 is 2.59 bits per heavy atom. The lowest BCUT2D eigenvalue weighted by Crippen LogP contribution is -2.60. The number of carbonyl (C=O) groups is 1. The number of epoxide rings is 1. The smallest absolute Gasteiger partial charge is 0.142 e. The van der Waals surface area contributed by atoms with Crippen molar-refractivity contribution in [1.82, 2.24) is 0 Å². The lowest BCUT2D eigenvalue weighted by Gasteiger charge is -2.56. The minimum atomic E-state index is -0.873. The van der Waals surface area contributed by atoms with Gasteiger partial charge in [0.1, 0.15) is 17.5 Å². The molecule has 3 N–H and O–H groups in total. The van der Waals surface area contributed by atoms with E-state index in [1.807, 2.05) is 13.8 Å². The van der Waals surface area contributed by atoms with Crippen LogP contribution < -0.4 is 0 Å². The zero-order chi connectivity index (χ0) is 16.3. The van der Waals surface area contributed by atoms with E-state index in [-0.39, 0.29) is 24.9 Å². The van der Waals surface area contributed by atoms with Crippen LogP contribution in [0.3, 0.4) is 0 Å². The Hall–Kier alpha value is -0.750. The normalized spacial score (nSPS) is 52.1. The van der Waals surface area contributed by atoms with E-state index < -0.39 is 28.6 Å². The van der Waals surface area contributed by atoms with Crippen LogP contribution in [0, 0.1) is 16.7 Å². The number of aliphatic hydroxyl groups excluding tert-OH is 3. The molecule has 2 saturated carbocycles. The van der Waals surface area contributed by atoms with Gasteiger partial charge in [0, 0.05) is 11.3 Å². The highest BCUT2D eigenvalue weighted by atomic mass is 16.6. The third kappa shape index (κ3) is 1.77. The molecule has 6 atom stereocenters. The van der Waals surface area contributed by atoms with Crippen molar-refractivity contribution in [2.45, 2.75) is 57.8 Å². The topological polar surface area (TPSA) is 90.3 Å². The monoisotopic (exact) mass is 310 g/mol. The molecule has 5 nitrogen and oxygen atoms in total. The number of carbonyl (C=O) groups excluding carboxylic acids is 1. The fourth-order valence-electron chi connectivity index (χ4n) is 5.41. The molecular formula is C17H26O5. The number of fused-ring (bicyclic) bond motifs is 2. The number of Topliss-reactive ketones (excluding diaryl/α,β-unsaturated/α-hetero) is 1. The second-order valence-electron chi connectivity index (χ2n) is 7.60. The molecular weight excluding hydrogens is 284 g/mol. The Morgan fingerprint density at radius 1 is 1.36 bits per heavy atom. The van der Waals surface area contributed by atoms with Gasteiger partial charge in [-0.3, -0.25) is 4.79 Å². The summed E-state index contributed by atoms with van der Waals surface area (Å²) in [6.07, 6.45) is 2.91. The predicted molar refractivity (Wildman–Crippen MR) is 80.1 cm³/mol. The SMILES string of the molecule is CC(=O)[C@@]1(C)CCC[C@]2(C)C(=CCO)[C@]3(CO)O[C@@H]3[C@@H](O)[C@@H]12. The standard InChI is InChI=1S/C17H26O5/c1-10(20)15(2)6-4-7-16(3)11(5-8-18)17(9-19)14(22-17)12(21)13(15)16/h5,12-14,18-19,21H,4,6-9H2,1-3H3/t12-,13-,14+,15+,16+,17-/m0/s1. The Kier molecular flexibility index (Phi) is 3.57. The van der Waals surface area contributed by atoms with Gasteiger partial charge in [-0.15, -0.1) is 0 Å². The van der Waals surface area contributed by atoms with Crippen molar-refractivity contribution in [2.24, 2.45) is 16.7 Å². The number of ether oxygens (including phenoxy) is 1. The maximum Gasteiger partial charge on any atom is 0.142 e. The van der Waals surface area contributed by atoms with Crippen LogP contribution in [-0.2, 0) is 9.53 Å². The van der Waals surface area contributed by atoms with Crippen LogP contribution in [0.4, 0.5) is 0 Å². The number of hydrogen-bond acceptors (Lipinski definition) is 5. The second kappa shape index (κ2) is 4.87. The van der Waals surface area contributed by atoms with Gasteiger partial charge < -0.3 is 20.1 Å². The highest BCUT2D eigenvalue weighted by Gasteiger charge is 2.74. The van der Waals surface area contributed by atoms with Crippen molar-refractivity contribution in [2.75, 3.05) is 13.2 Å². The maximum atomic E-state index is 12.3. The first-order valence-electron chi connectivity index (χ1n) is 8.07. The summed E-state index contributed by atoms with van der Waals surface area (Å²) in [4.78, 5) is 12.3. The number of aliphatic hydroxyl groups is 3. The molecule has 0 radical (unpaired) electrons.